The lowest BCUT2D eigenvalue weighted by molar-refractivity contribution is 0.201. The quantitative estimate of drug-likeness (QED) is 0.657. The SMILES string of the molecule is CC[C@@H](NC(=O)N(C)Cc1cnn(-c2cccc(OC)c2)c1)c1ncc(C)[nH]1. The van der Waals surface area contributed by atoms with E-state index in [1.165, 1.54) is 0 Å². The molecule has 0 spiro atoms. The lowest BCUT2D eigenvalue weighted by Gasteiger charge is -2.21. The van der Waals surface area contributed by atoms with E-state index < -0.39 is 0 Å². The number of hydrogen-bond acceptors (Lipinski definition) is 4. The number of H-pyrrole nitrogens is 1. The second kappa shape index (κ2) is 8.60. The van der Waals surface area contributed by atoms with Gasteiger partial charge in [-0.1, -0.05) is 13.0 Å². The molecule has 0 aliphatic carbocycles. The van der Waals surface area contributed by atoms with Crippen molar-refractivity contribution >= 4 is 6.03 Å². The summed E-state index contributed by atoms with van der Waals surface area (Å²) in [6.07, 6.45) is 6.18. The number of aromatic nitrogens is 4. The topological polar surface area (TPSA) is 88.1 Å². The Morgan fingerprint density at radius 3 is 2.89 bits per heavy atom. The van der Waals surface area contributed by atoms with Crippen molar-refractivity contribution in [1.29, 1.82) is 0 Å². The van der Waals surface area contributed by atoms with E-state index >= 15 is 0 Å². The molecule has 0 aliphatic heterocycles. The van der Waals surface area contributed by atoms with Gasteiger partial charge < -0.3 is 19.9 Å². The van der Waals surface area contributed by atoms with Crippen molar-refractivity contribution in [3.63, 3.8) is 0 Å². The fraction of sp³-hybridized carbons (Fsp3) is 0.350. The molecule has 3 rings (SSSR count). The third-order valence-corrected chi connectivity index (χ3v) is 4.48. The zero-order valence-electron chi connectivity index (χ0n) is 16.6. The Labute approximate surface area is 164 Å². The third-order valence-electron chi connectivity index (χ3n) is 4.48. The standard InChI is InChI=1S/C20H26N6O2/c1-5-18(19-21-10-14(2)23-19)24-20(27)25(3)12-15-11-22-26(13-15)16-7-6-8-17(9-16)28-4/h6-11,13,18H,5,12H2,1-4H3,(H,21,23)(H,24,27)/t18-/m1/s1. The monoisotopic (exact) mass is 382 g/mol. The van der Waals surface area contributed by atoms with Crippen LogP contribution in [0.25, 0.3) is 5.69 Å². The number of aromatic amines is 1. The van der Waals surface area contributed by atoms with Crippen molar-refractivity contribution in [2.75, 3.05) is 14.2 Å². The van der Waals surface area contributed by atoms with Gasteiger partial charge in [-0.2, -0.15) is 5.10 Å². The Bertz CT molecular complexity index is 932. The van der Waals surface area contributed by atoms with Crippen LogP contribution in [-0.4, -0.2) is 44.8 Å². The van der Waals surface area contributed by atoms with Gasteiger partial charge in [-0.25, -0.2) is 14.5 Å². The number of aryl methyl sites for hydroxylation is 1. The van der Waals surface area contributed by atoms with E-state index in [9.17, 15) is 4.79 Å². The molecule has 8 heteroatoms. The van der Waals surface area contributed by atoms with E-state index in [0.717, 1.165) is 34.9 Å². The zero-order valence-corrected chi connectivity index (χ0v) is 16.6. The molecule has 2 heterocycles. The maximum Gasteiger partial charge on any atom is 0.318 e. The maximum atomic E-state index is 12.6. The molecule has 0 radical (unpaired) electrons. The van der Waals surface area contributed by atoms with Crippen molar-refractivity contribution in [3.8, 4) is 11.4 Å². The first kappa shape index (κ1) is 19.5. The molecule has 0 unspecified atom stereocenters. The molecule has 8 nitrogen and oxygen atoms in total. The first-order valence-electron chi connectivity index (χ1n) is 9.21. The van der Waals surface area contributed by atoms with E-state index in [4.69, 9.17) is 4.74 Å². The van der Waals surface area contributed by atoms with Gasteiger partial charge >= 0.3 is 6.03 Å². The Morgan fingerprint density at radius 1 is 1.39 bits per heavy atom. The van der Waals surface area contributed by atoms with Gasteiger partial charge in [0.25, 0.3) is 0 Å². The molecule has 2 amide bonds. The van der Waals surface area contributed by atoms with Crippen LogP contribution in [-0.2, 0) is 6.54 Å². The minimum atomic E-state index is -0.157. The molecule has 0 saturated carbocycles. The Balaban J connectivity index is 1.63. The van der Waals surface area contributed by atoms with Crippen LogP contribution in [0.4, 0.5) is 4.79 Å². The normalized spacial score (nSPS) is 11.9. The van der Waals surface area contributed by atoms with Gasteiger partial charge in [0.05, 0.1) is 31.6 Å². The average Bonchev–Trinajstić information content (AvgIpc) is 3.35. The van der Waals surface area contributed by atoms with E-state index in [0.29, 0.717) is 6.54 Å². The molecule has 148 valence electrons. The number of imidazole rings is 1. The van der Waals surface area contributed by atoms with Gasteiger partial charge in [0.1, 0.15) is 11.6 Å². The summed E-state index contributed by atoms with van der Waals surface area (Å²) in [5.41, 5.74) is 2.81. The fourth-order valence-corrected chi connectivity index (χ4v) is 2.91. The molecule has 0 saturated heterocycles. The molecule has 28 heavy (non-hydrogen) atoms. The predicted octanol–water partition coefficient (Wildman–Crippen LogP) is 3.21. The number of nitrogens with one attached hydrogen (secondary N) is 2. The molecule has 0 fully saturated rings. The van der Waals surface area contributed by atoms with Crippen molar-refractivity contribution in [1.82, 2.24) is 30.0 Å². The van der Waals surface area contributed by atoms with E-state index in [1.54, 1.807) is 36.1 Å². The number of benzene rings is 1. The van der Waals surface area contributed by atoms with Crippen LogP contribution in [0.5, 0.6) is 5.75 Å². The summed E-state index contributed by atoms with van der Waals surface area (Å²) in [5, 5.41) is 7.41. The Morgan fingerprint density at radius 2 is 2.21 bits per heavy atom. The second-order valence-corrected chi connectivity index (χ2v) is 6.71. The molecule has 0 bridgehead atoms. The zero-order chi connectivity index (χ0) is 20.1. The number of hydrogen-bond donors (Lipinski definition) is 2. The third kappa shape index (κ3) is 4.51. The molecular formula is C20H26N6O2. The molecule has 1 atom stereocenters. The molecular weight excluding hydrogens is 356 g/mol. The minimum Gasteiger partial charge on any atom is -0.497 e. The van der Waals surface area contributed by atoms with Gasteiger partial charge in [-0.3, -0.25) is 0 Å². The molecule has 2 aromatic heterocycles. The van der Waals surface area contributed by atoms with Crippen LogP contribution in [0, 0.1) is 6.92 Å². The summed E-state index contributed by atoms with van der Waals surface area (Å²) in [7, 11) is 3.40. The molecule has 3 aromatic rings. The number of rotatable bonds is 7. The fourth-order valence-electron chi connectivity index (χ4n) is 2.91. The number of carbonyl (C=O) groups is 1. The summed E-state index contributed by atoms with van der Waals surface area (Å²) < 4.78 is 7.02. The number of methoxy groups -OCH3 is 1. The van der Waals surface area contributed by atoms with Gasteiger partial charge in [-0.15, -0.1) is 0 Å². The number of urea groups is 1. The van der Waals surface area contributed by atoms with Gasteiger partial charge in [0, 0.05) is 36.8 Å². The van der Waals surface area contributed by atoms with Crippen LogP contribution >= 0.6 is 0 Å². The average molecular weight is 382 g/mol. The maximum absolute atomic E-state index is 12.6. The number of amides is 2. The number of carbonyl (C=O) groups excluding carboxylic acids is 1. The lowest BCUT2D eigenvalue weighted by Crippen LogP contribution is -2.39. The first-order valence-corrected chi connectivity index (χ1v) is 9.21. The second-order valence-electron chi connectivity index (χ2n) is 6.71. The highest BCUT2D eigenvalue weighted by Crippen LogP contribution is 2.17. The number of nitrogens with zero attached hydrogens (tertiary/aromatic N) is 4. The Hall–Kier alpha value is -3.29. The van der Waals surface area contributed by atoms with Crippen molar-refractivity contribution in [2.24, 2.45) is 0 Å². The minimum absolute atomic E-state index is 0.150. The van der Waals surface area contributed by atoms with Crippen molar-refractivity contribution in [3.05, 3.63) is 59.9 Å². The van der Waals surface area contributed by atoms with E-state index in [2.05, 4.69) is 20.4 Å². The smallest absolute Gasteiger partial charge is 0.318 e. The van der Waals surface area contributed by atoms with E-state index in [-0.39, 0.29) is 12.1 Å². The van der Waals surface area contributed by atoms with Crippen molar-refractivity contribution in [2.45, 2.75) is 32.9 Å². The molecule has 0 aliphatic rings. The molecule has 1 aromatic carbocycles. The summed E-state index contributed by atoms with van der Waals surface area (Å²) in [5.74, 6) is 1.54. The van der Waals surface area contributed by atoms with Crippen LogP contribution in [0.15, 0.2) is 42.9 Å². The summed E-state index contributed by atoms with van der Waals surface area (Å²) in [6.45, 7) is 4.40. The van der Waals surface area contributed by atoms with Crippen LogP contribution in [0.3, 0.4) is 0 Å². The lowest BCUT2D eigenvalue weighted by atomic mass is 10.2. The summed E-state index contributed by atoms with van der Waals surface area (Å²) in [6, 6.07) is 7.35. The highest BCUT2D eigenvalue weighted by Gasteiger charge is 2.18. The predicted molar refractivity (Wildman–Crippen MR) is 106 cm³/mol. The van der Waals surface area contributed by atoms with E-state index in [1.807, 2.05) is 44.3 Å². The van der Waals surface area contributed by atoms with Crippen molar-refractivity contribution < 1.29 is 9.53 Å². The largest absolute Gasteiger partial charge is 0.497 e. The summed E-state index contributed by atoms with van der Waals surface area (Å²) >= 11 is 0. The van der Waals surface area contributed by atoms with Gasteiger partial charge in [0.2, 0.25) is 0 Å². The highest BCUT2D eigenvalue weighted by molar-refractivity contribution is 5.74. The van der Waals surface area contributed by atoms with Crippen LogP contribution in [0.2, 0.25) is 0 Å². The van der Waals surface area contributed by atoms with Crippen LogP contribution < -0.4 is 10.1 Å². The van der Waals surface area contributed by atoms with Gasteiger partial charge in [-0.05, 0) is 25.5 Å². The highest BCUT2D eigenvalue weighted by atomic mass is 16.5. The Kier molecular flexibility index (Phi) is 5.98. The summed E-state index contributed by atoms with van der Waals surface area (Å²) in [4.78, 5) is 21.7. The van der Waals surface area contributed by atoms with Crippen LogP contribution in [0.1, 0.15) is 36.5 Å². The first-order chi connectivity index (χ1) is 13.5. The molecule has 2 N–H and O–H groups in total. The number of ether oxygens (including phenoxy) is 1. The van der Waals surface area contributed by atoms with Gasteiger partial charge in [0.15, 0.2) is 0 Å².